The van der Waals surface area contributed by atoms with E-state index in [0.717, 1.165) is 31.5 Å². The van der Waals surface area contributed by atoms with Crippen LogP contribution >= 0.6 is 12.4 Å². The lowest BCUT2D eigenvalue weighted by Crippen LogP contribution is -2.39. The molecule has 5 heteroatoms. The second-order valence-corrected chi connectivity index (χ2v) is 6.58. The van der Waals surface area contributed by atoms with Gasteiger partial charge in [-0.2, -0.15) is 0 Å². The number of nitrogens with zero attached hydrogens (tertiary/aromatic N) is 2. The zero-order valence-electron chi connectivity index (χ0n) is 14.9. The molecular weight excluding hydrogens is 348 g/mol. The number of halogens is 1. The summed E-state index contributed by atoms with van der Waals surface area (Å²) >= 11 is 0. The highest BCUT2D eigenvalue weighted by Crippen LogP contribution is 2.27. The van der Waals surface area contributed by atoms with E-state index in [-0.39, 0.29) is 19.0 Å². The molecule has 1 heterocycles. The predicted octanol–water partition coefficient (Wildman–Crippen LogP) is 3.70. The number of likely N-dealkylation sites (tertiary alicyclic amines) is 1. The molecule has 1 aliphatic rings. The van der Waals surface area contributed by atoms with Gasteiger partial charge in [-0.3, -0.25) is 0 Å². The van der Waals surface area contributed by atoms with Crippen LogP contribution in [0.4, 0.5) is 0 Å². The van der Waals surface area contributed by atoms with E-state index in [9.17, 15) is 5.11 Å². The average molecular weight is 375 g/mol. The van der Waals surface area contributed by atoms with E-state index in [0.29, 0.717) is 12.5 Å². The molecule has 0 aliphatic carbocycles. The Balaban J connectivity index is 0.00000243. The standard InChI is InChI=1S/C21H26N2O2.ClH/c24-21(17-25-22-15-18-7-3-1-4-8-18)16-23-13-11-20(12-14-23)19-9-5-2-6-10-19;/h1-10,15,20-21,24H,11-14,16-17H2;1H/b22-15-;. The monoisotopic (exact) mass is 374 g/mol. The lowest BCUT2D eigenvalue weighted by molar-refractivity contribution is 0.0152. The Morgan fingerprint density at radius 3 is 2.31 bits per heavy atom. The number of aliphatic hydroxyl groups excluding tert-OH is 1. The summed E-state index contributed by atoms with van der Waals surface area (Å²) in [5.41, 5.74) is 2.42. The van der Waals surface area contributed by atoms with E-state index in [1.807, 2.05) is 30.3 Å². The van der Waals surface area contributed by atoms with E-state index < -0.39 is 6.10 Å². The van der Waals surface area contributed by atoms with E-state index in [2.05, 4.69) is 40.4 Å². The number of hydrogen-bond acceptors (Lipinski definition) is 4. The summed E-state index contributed by atoms with van der Waals surface area (Å²) in [5.74, 6) is 0.640. The van der Waals surface area contributed by atoms with Crippen LogP contribution in [0.1, 0.15) is 29.9 Å². The zero-order chi connectivity index (χ0) is 17.3. The van der Waals surface area contributed by atoms with Crippen LogP contribution in [0.2, 0.25) is 0 Å². The van der Waals surface area contributed by atoms with Crippen LogP contribution in [0.15, 0.2) is 65.8 Å². The Hall–Kier alpha value is -1.88. The lowest BCUT2D eigenvalue weighted by Gasteiger charge is -2.33. The molecule has 0 spiro atoms. The summed E-state index contributed by atoms with van der Waals surface area (Å²) in [6.45, 7) is 2.90. The first-order valence-electron chi connectivity index (χ1n) is 8.97. The smallest absolute Gasteiger partial charge is 0.144 e. The molecule has 4 nitrogen and oxygen atoms in total. The van der Waals surface area contributed by atoms with E-state index >= 15 is 0 Å². The minimum absolute atomic E-state index is 0. The zero-order valence-corrected chi connectivity index (χ0v) is 15.7. The van der Waals surface area contributed by atoms with Crippen molar-refractivity contribution in [3.63, 3.8) is 0 Å². The first kappa shape index (κ1) is 20.4. The lowest BCUT2D eigenvalue weighted by atomic mass is 9.89. The summed E-state index contributed by atoms with van der Waals surface area (Å²) in [5, 5.41) is 14.1. The van der Waals surface area contributed by atoms with E-state index in [1.165, 1.54) is 5.56 Å². The highest BCUT2D eigenvalue weighted by molar-refractivity contribution is 5.85. The Labute approximate surface area is 161 Å². The molecule has 0 radical (unpaired) electrons. The molecule has 0 aromatic heterocycles. The number of hydrogen-bond donors (Lipinski definition) is 1. The molecule has 1 aliphatic heterocycles. The number of oxime groups is 1. The molecular formula is C21H27ClN2O2. The number of rotatable bonds is 7. The van der Waals surface area contributed by atoms with Gasteiger partial charge in [0, 0.05) is 6.54 Å². The van der Waals surface area contributed by atoms with Crippen molar-refractivity contribution in [2.24, 2.45) is 5.16 Å². The van der Waals surface area contributed by atoms with Crippen molar-refractivity contribution >= 4 is 18.6 Å². The van der Waals surface area contributed by atoms with E-state index in [4.69, 9.17) is 4.84 Å². The maximum atomic E-state index is 10.1. The Morgan fingerprint density at radius 1 is 1.04 bits per heavy atom. The first-order chi connectivity index (χ1) is 12.3. The Bertz CT molecular complexity index is 644. The predicted molar refractivity (Wildman–Crippen MR) is 108 cm³/mol. The summed E-state index contributed by atoms with van der Waals surface area (Å²) in [6, 6.07) is 20.5. The fourth-order valence-electron chi connectivity index (χ4n) is 3.29. The molecule has 1 N–H and O–H groups in total. The van der Waals surface area contributed by atoms with Crippen molar-refractivity contribution < 1.29 is 9.94 Å². The van der Waals surface area contributed by atoms with Gasteiger partial charge in [0.05, 0.1) is 6.21 Å². The van der Waals surface area contributed by atoms with Crippen LogP contribution in [-0.2, 0) is 4.84 Å². The minimum atomic E-state index is -0.513. The molecule has 1 unspecified atom stereocenters. The highest BCUT2D eigenvalue weighted by atomic mass is 35.5. The molecule has 1 atom stereocenters. The van der Waals surface area contributed by atoms with Crippen LogP contribution in [0.5, 0.6) is 0 Å². The van der Waals surface area contributed by atoms with Crippen LogP contribution < -0.4 is 0 Å². The van der Waals surface area contributed by atoms with Crippen molar-refractivity contribution in [2.75, 3.05) is 26.2 Å². The fourth-order valence-corrected chi connectivity index (χ4v) is 3.29. The molecule has 2 aromatic carbocycles. The summed E-state index contributed by atoms with van der Waals surface area (Å²) in [6.07, 6.45) is 3.44. The Kier molecular flexibility index (Phi) is 8.62. The maximum absolute atomic E-state index is 10.1. The molecule has 0 saturated carbocycles. The van der Waals surface area contributed by atoms with E-state index in [1.54, 1.807) is 6.21 Å². The number of benzene rings is 2. The van der Waals surface area contributed by atoms with Crippen LogP contribution in [-0.4, -0.2) is 48.6 Å². The topological polar surface area (TPSA) is 45.1 Å². The van der Waals surface area contributed by atoms with Crippen molar-refractivity contribution in [3.05, 3.63) is 71.8 Å². The van der Waals surface area contributed by atoms with Crippen molar-refractivity contribution in [1.29, 1.82) is 0 Å². The second kappa shape index (κ2) is 11.0. The molecule has 26 heavy (non-hydrogen) atoms. The third-order valence-corrected chi connectivity index (χ3v) is 4.67. The molecule has 1 saturated heterocycles. The SMILES string of the molecule is Cl.OC(CO/N=C\c1ccccc1)CN1CCC(c2ccccc2)CC1. The largest absolute Gasteiger partial charge is 0.393 e. The quantitative estimate of drug-likeness (QED) is 0.593. The molecule has 0 amide bonds. The Morgan fingerprint density at radius 2 is 1.65 bits per heavy atom. The van der Waals surface area contributed by atoms with Crippen LogP contribution in [0.3, 0.4) is 0 Å². The maximum Gasteiger partial charge on any atom is 0.144 e. The summed E-state index contributed by atoms with van der Waals surface area (Å²) in [7, 11) is 0. The molecule has 1 fully saturated rings. The van der Waals surface area contributed by atoms with Gasteiger partial charge in [-0.05, 0) is 43.0 Å². The van der Waals surface area contributed by atoms with Crippen molar-refractivity contribution in [1.82, 2.24) is 4.90 Å². The van der Waals surface area contributed by atoms with Gasteiger partial charge in [0.1, 0.15) is 12.7 Å². The second-order valence-electron chi connectivity index (χ2n) is 6.58. The number of piperidine rings is 1. The summed E-state index contributed by atoms with van der Waals surface area (Å²) < 4.78 is 0. The van der Waals surface area contributed by atoms with Gasteiger partial charge in [-0.25, -0.2) is 0 Å². The molecule has 3 rings (SSSR count). The first-order valence-corrected chi connectivity index (χ1v) is 8.97. The molecule has 0 bridgehead atoms. The van der Waals surface area contributed by atoms with Gasteiger partial charge in [-0.1, -0.05) is 65.8 Å². The van der Waals surface area contributed by atoms with Gasteiger partial charge in [0.25, 0.3) is 0 Å². The normalized spacial score (nSPS) is 17.0. The fraction of sp³-hybridized carbons (Fsp3) is 0.381. The summed E-state index contributed by atoms with van der Waals surface area (Å²) in [4.78, 5) is 7.54. The minimum Gasteiger partial charge on any atom is -0.393 e. The third kappa shape index (κ3) is 6.45. The van der Waals surface area contributed by atoms with Gasteiger partial charge in [0.15, 0.2) is 0 Å². The van der Waals surface area contributed by atoms with Crippen LogP contribution in [0.25, 0.3) is 0 Å². The average Bonchev–Trinajstić information content (AvgIpc) is 2.67. The van der Waals surface area contributed by atoms with Gasteiger partial charge in [-0.15, -0.1) is 12.4 Å². The molecule has 140 valence electrons. The highest BCUT2D eigenvalue weighted by Gasteiger charge is 2.22. The molecule has 2 aromatic rings. The third-order valence-electron chi connectivity index (χ3n) is 4.67. The van der Waals surface area contributed by atoms with Gasteiger partial charge < -0.3 is 14.8 Å². The number of β-amino-alcohol motifs (C(OH)–C–C–N with tert-alkyl or cyclic N) is 1. The van der Waals surface area contributed by atoms with Gasteiger partial charge in [0.2, 0.25) is 0 Å². The number of aliphatic hydroxyl groups is 1. The van der Waals surface area contributed by atoms with Crippen molar-refractivity contribution in [3.8, 4) is 0 Å². The van der Waals surface area contributed by atoms with Crippen LogP contribution in [0, 0.1) is 0 Å². The van der Waals surface area contributed by atoms with Gasteiger partial charge >= 0.3 is 0 Å². The van der Waals surface area contributed by atoms with Crippen molar-refractivity contribution in [2.45, 2.75) is 24.9 Å².